The second-order valence-corrected chi connectivity index (χ2v) is 5.65. The van der Waals surface area contributed by atoms with Gasteiger partial charge in [0.15, 0.2) is 0 Å². The second-order valence-electron chi connectivity index (χ2n) is 5.65. The summed E-state index contributed by atoms with van der Waals surface area (Å²) in [5.41, 5.74) is 0.606. The third-order valence-electron chi connectivity index (χ3n) is 3.68. The SMILES string of the molecule is N#Cc1cccc(NC(=O)c2ccnc(C(=O)Nc3ccc(F)cc3F)c2)c1. The van der Waals surface area contributed by atoms with Gasteiger partial charge in [0.1, 0.15) is 17.3 Å². The summed E-state index contributed by atoms with van der Waals surface area (Å²) in [6.45, 7) is 0. The zero-order valence-corrected chi connectivity index (χ0v) is 14.2. The molecule has 2 N–H and O–H groups in total. The van der Waals surface area contributed by atoms with Gasteiger partial charge in [0, 0.05) is 23.5 Å². The minimum atomic E-state index is -0.931. The van der Waals surface area contributed by atoms with Crippen molar-refractivity contribution in [1.82, 2.24) is 4.98 Å². The van der Waals surface area contributed by atoms with Gasteiger partial charge in [-0.1, -0.05) is 6.07 Å². The van der Waals surface area contributed by atoms with Crippen LogP contribution >= 0.6 is 0 Å². The predicted octanol–water partition coefficient (Wildman–Crippen LogP) is 3.74. The number of hydrogen-bond donors (Lipinski definition) is 2. The Morgan fingerprint density at radius 3 is 2.54 bits per heavy atom. The lowest BCUT2D eigenvalue weighted by Gasteiger charge is -2.08. The third kappa shape index (κ3) is 4.34. The van der Waals surface area contributed by atoms with E-state index in [0.29, 0.717) is 17.3 Å². The summed E-state index contributed by atoms with van der Waals surface area (Å²) >= 11 is 0. The van der Waals surface area contributed by atoms with Crippen LogP contribution in [0.15, 0.2) is 60.8 Å². The molecule has 2 amide bonds. The van der Waals surface area contributed by atoms with Crippen molar-refractivity contribution in [3.8, 4) is 6.07 Å². The summed E-state index contributed by atoms with van der Waals surface area (Å²) in [5.74, 6) is -2.97. The molecule has 0 bridgehead atoms. The minimum Gasteiger partial charge on any atom is -0.322 e. The number of carbonyl (C=O) groups excluding carboxylic acids is 2. The van der Waals surface area contributed by atoms with Crippen LogP contribution in [0.1, 0.15) is 26.4 Å². The number of halogens is 2. The van der Waals surface area contributed by atoms with Crippen molar-refractivity contribution in [2.45, 2.75) is 0 Å². The Bertz CT molecular complexity index is 1110. The highest BCUT2D eigenvalue weighted by Gasteiger charge is 2.14. The summed E-state index contributed by atoms with van der Waals surface area (Å²) in [6.07, 6.45) is 1.26. The first-order chi connectivity index (χ1) is 13.5. The molecule has 0 atom stereocenters. The highest BCUT2D eigenvalue weighted by molar-refractivity contribution is 6.07. The quantitative estimate of drug-likeness (QED) is 0.723. The molecule has 8 heteroatoms. The van der Waals surface area contributed by atoms with Gasteiger partial charge >= 0.3 is 0 Å². The van der Waals surface area contributed by atoms with Crippen LogP contribution in [-0.4, -0.2) is 16.8 Å². The third-order valence-corrected chi connectivity index (χ3v) is 3.68. The number of nitrogens with one attached hydrogen (secondary N) is 2. The summed E-state index contributed by atoms with van der Waals surface area (Å²) < 4.78 is 26.6. The standard InChI is InChI=1S/C20H12F2N4O2/c21-14-4-5-17(16(22)10-14)26-20(28)18-9-13(6-7-24-18)19(27)25-15-3-1-2-12(8-15)11-23/h1-10H,(H,25,27)(H,26,28). The highest BCUT2D eigenvalue weighted by atomic mass is 19.1. The summed E-state index contributed by atoms with van der Waals surface area (Å²) in [6, 6.07) is 13.7. The number of rotatable bonds is 4. The van der Waals surface area contributed by atoms with E-state index in [1.807, 2.05) is 6.07 Å². The number of nitriles is 1. The number of pyridine rings is 1. The van der Waals surface area contributed by atoms with E-state index in [9.17, 15) is 18.4 Å². The number of amides is 2. The molecule has 0 unspecified atom stereocenters. The lowest BCUT2D eigenvalue weighted by atomic mass is 10.2. The molecule has 0 saturated carbocycles. The van der Waals surface area contributed by atoms with Gasteiger partial charge in [0.2, 0.25) is 0 Å². The number of nitrogens with zero attached hydrogens (tertiary/aromatic N) is 2. The molecule has 3 rings (SSSR count). The molecule has 0 radical (unpaired) electrons. The molecule has 2 aromatic carbocycles. The van der Waals surface area contributed by atoms with Crippen LogP contribution < -0.4 is 10.6 Å². The summed E-state index contributed by atoms with van der Waals surface area (Å²) in [4.78, 5) is 28.5. The number of hydrogen-bond acceptors (Lipinski definition) is 4. The molecule has 0 spiro atoms. The van der Waals surface area contributed by atoms with Crippen LogP contribution in [0.4, 0.5) is 20.2 Å². The monoisotopic (exact) mass is 378 g/mol. The van der Waals surface area contributed by atoms with Crippen molar-refractivity contribution in [1.29, 1.82) is 5.26 Å². The van der Waals surface area contributed by atoms with Gasteiger partial charge in [-0.3, -0.25) is 14.6 Å². The van der Waals surface area contributed by atoms with Crippen molar-refractivity contribution in [3.63, 3.8) is 0 Å². The molecule has 3 aromatic rings. The molecule has 0 aliphatic rings. The van der Waals surface area contributed by atoms with E-state index in [4.69, 9.17) is 5.26 Å². The number of aromatic nitrogens is 1. The summed E-state index contributed by atoms with van der Waals surface area (Å²) in [7, 11) is 0. The van der Waals surface area contributed by atoms with E-state index < -0.39 is 23.4 Å². The average molecular weight is 378 g/mol. The Hall–Kier alpha value is -4.12. The molecule has 0 aliphatic carbocycles. The number of benzene rings is 2. The van der Waals surface area contributed by atoms with Gasteiger partial charge in [-0.05, 0) is 42.5 Å². The van der Waals surface area contributed by atoms with E-state index in [-0.39, 0.29) is 16.9 Å². The Labute approximate surface area is 158 Å². The fourth-order valence-corrected chi connectivity index (χ4v) is 2.34. The van der Waals surface area contributed by atoms with Crippen LogP contribution in [-0.2, 0) is 0 Å². The summed E-state index contributed by atoms with van der Waals surface area (Å²) in [5, 5.41) is 13.8. The molecule has 0 fully saturated rings. The van der Waals surface area contributed by atoms with Crippen LogP contribution in [0.3, 0.4) is 0 Å². The molecule has 28 heavy (non-hydrogen) atoms. The van der Waals surface area contributed by atoms with E-state index in [1.165, 1.54) is 24.4 Å². The van der Waals surface area contributed by atoms with Crippen molar-refractivity contribution in [2.24, 2.45) is 0 Å². The van der Waals surface area contributed by atoms with Crippen LogP contribution in [0.25, 0.3) is 0 Å². The van der Waals surface area contributed by atoms with E-state index in [0.717, 1.165) is 12.1 Å². The molecular formula is C20H12F2N4O2. The van der Waals surface area contributed by atoms with Crippen molar-refractivity contribution in [3.05, 3.63) is 89.2 Å². The molecule has 1 heterocycles. The van der Waals surface area contributed by atoms with E-state index in [2.05, 4.69) is 15.6 Å². The van der Waals surface area contributed by atoms with Crippen molar-refractivity contribution < 1.29 is 18.4 Å². The highest BCUT2D eigenvalue weighted by Crippen LogP contribution is 2.16. The molecular weight excluding hydrogens is 366 g/mol. The smallest absolute Gasteiger partial charge is 0.274 e. The Morgan fingerprint density at radius 2 is 1.79 bits per heavy atom. The van der Waals surface area contributed by atoms with Gasteiger partial charge in [0.25, 0.3) is 11.8 Å². The second kappa shape index (κ2) is 8.05. The van der Waals surface area contributed by atoms with Crippen molar-refractivity contribution in [2.75, 3.05) is 10.6 Å². The molecule has 138 valence electrons. The predicted molar refractivity (Wildman–Crippen MR) is 97.7 cm³/mol. The number of carbonyl (C=O) groups is 2. The topological polar surface area (TPSA) is 94.9 Å². The first kappa shape index (κ1) is 18.7. The Balaban J connectivity index is 1.76. The van der Waals surface area contributed by atoms with Gasteiger partial charge < -0.3 is 10.6 Å². The fourth-order valence-electron chi connectivity index (χ4n) is 2.34. The fraction of sp³-hybridized carbons (Fsp3) is 0. The maximum absolute atomic E-state index is 13.7. The lowest BCUT2D eigenvalue weighted by molar-refractivity contribution is 0.102. The van der Waals surface area contributed by atoms with Crippen LogP contribution in [0.5, 0.6) is 0 Å². The first-order valence-electron chi connectivity index (χ1n) is 8.00. The minimum absolute atomic E-state index is 0.123. The lowest BCUT2D eigenvalue weighted by Crippen LogP contribution is -2.17. The van der Waals surface area contributed by atoms with Crippen molar-refractivity contribution >= 4 is 23.2 Å². The van der Waals surface area contributed by atoms with E-state index in [1.54, 1.807) is 18.2 Å². The van der Waals surface area contributed by atoms with Crippen LogP contribution in [0.2, 0.25) is 0 Å². The zero-order chi connectivity index (χ0) is 20.1. The Kier molecular flexibility index (Phi) is 5.37. The molecule has 1 aromatic heterocycles. The van der Waals surface area contributed by atoms with Crippen LogP contribution in [0, 0.1) is 23.0 Å². The molecule has 0 aliphatic heterocycles. The zero-order valence-electron chi connectivity index (χ0n) is 14.2. The molecule has 0 saturated heterocycles. The largest absolute Gasteiger partial charge is 0.322 e. The van der Waals surface area contributed by atoms with Gasteiger partial charge in [-0.2, -0.15) is 5.26 Å². The first-order valence-corrected chi connectivity index (χ1v) is 8.00. The van der Waals surface area contributed by atoms with Gasteiger partial charge in [-0.15, -0.1) is 0 Å². The van der Waals surface area contributed by atoms with E-state index >= 15 is 0 Å². The number of anilines is 2. The average Bonchev–Trinajstić information content (AvgIpc) is 2.70. The maximum Gasteiger partial charge on any atom is 0.274 e. The maximum atomic E-state index is 13.7. The normalized spacial score (nSPS) is 10.0. The molecule has 6 nitrogen and oxygen atoms in total. The van der Waals surface area contributed by atoms with Gasteiger partial charge in [-0.25, -0.2) is 8.78 Å². The van der Waals surface area contributed by atoms with Gasteiger partial charge in [0.05, 0.1) is 17.3 Å². The Morgan fingerprint density at radius 1 is 0.964 bits per heavy atom.